The second-order valence-corrected chi connectivity index (χ2v) is 2.39. The zero-order valence-electron chi connectivity index (χ0n) is 6.42. The molecule has 0 heterocycles. The normalized spacial score (nSPS) is 13.5. The van der Waals surface area contributed by atoms with E-state index in [4.69, 9.17) is 10.4 Å². The summed E-state index contributed by atoms with van der Waals surface area (Å²) in [7, 11) is 0. The van der Waals surface area contributed by atoms with Gasteiger partial charge in [0.2, 0.25) is 0 Å². The molecule has 0 aliphatic heterocycles. The quantitative estimate of drug-likeness (QED) is 0.340. The van der Waals surface area contributed by atoms with Crippen LogP contribution in [0.2, 0.25) is 0 Å². The van der Waals surface area contributed by atoms with Crippen LogP contribution in [-0.4, -0.2) is 23.1 Å². The molecule has 0 saturated heterocycles. The number of unbranched alkanes of at least 4 members (excludes halogenated alkanes) is 1. The van der Waals surface area contributed by atoms with Gasteiger partial charge in [-0.1, -0.05) is 6.92 Å². The van der Waals surface area contributed by atoms with Gasteiger partial charge >= 0.3 is 0 Å². The van der Waals surface area contributed by atoms with Crippen molar-refractivity contribution in [3.05, 3.63) is 0 Å². The fourth-order valence-corrected chi connectivity index (χ4v) is 0.751. The number of hydrogen-bond donors (Lipinski definition) is 2. The van der Waals surface area contributed by atoms with Crippen LogP contribution in [0.1, 0.15) is 32.6 Å². The highest BCUT2D eigenvalue weighted by Gasteiger charge is 1.98. The van der Waals surface area contributed by atoms with E-state index in [1.807, 2.05) is 6.92 Å². The van der Waals surface area contributed by atoms with Gasteiger partial charge in [-0.3, -0.25) is 5.26 Å². The summed E-state index contributed by atoms with van der Waals surface area (Å²) in [5.74, 6) is 0. The molecule has 0 aromatic rings. The van der Waals surface area contributed by atoms with Gasteiger partial charge in [0.25, 0.3) is 0 Å². The Morgan fingerprint density at radius 3 is 2.60 bits per heavy atom. The minimum absolute atomic E-state index is 0.182. The van der Waals surface area contributed by atoms with E-state index in [9.17, 15) is 0 Å². The molecule has 0 radical (unpaired) electrons. The lowest BCUT2D eigenvalue weighted by Crippen LogP contribution is -2.04. The van der Waals surface area contributed by atoms with Crippen molar-refractivity contribution < 1.29 is 15.3 Å². The van der Waals surface area contributed by atoms with Crippen LogP contribution >= 0.6 is 0 Å². The molecule has 1 unspecified atom stereocenters. The van der Waals surface area contributed by atoms with Gasteiger partial charge in [0.1, 0.15) is 0 Å². The molecule has 62 valence electrons. The third-order valence-corrected chi connectivity index (χ3v) is 1.49. The first-order chi connectivity index (χ1) is 4.81. The Morgan fingerprint density at radius 2 is 2.10 bits per heavy atom. The van der Waals surface area contributed by atoms with Crippen LogP contribution in [0.25, 0.3) is 0 Å². The maximum Gasteiger partial charge on any atom is 0.0819 e. The van der Waals surface area contributed by atoms with Crippen molar-refractivity contribution in [1.82, 2.24) is 0 Å². The van der Waals surface area contributed by atoms with Crippen molar-refractivity contribution in [3.63, 3.8) is 0 Å². The lowest BCUT2D eigenvalue weighted by molar-refractivity contribution is -0.242. The predicted octanol–water partition coefficient (Wildman–Crippen LogP) is 1.42. The molecule has 0 rings (SSSR count). The van der Waals surface area contributed by atoms with E-state index in [-0.39, 0.29) is 6.10 Å². The molecule has 0 saturated carbocycles. The van der Waals surface area contributed by atoms with Crippen LogP contribution in [0, 0.1) is 0 Å². The smallest absolute Gasteiger partial charge is 0.0819 e. The van der Waals surface area contributed by atoms with Crippen molar-refractivity contribution in [2.24, 2.45) is 0 Å². The molecule has 0 aliphatic carbocycles. The van der Waals surface area contributed by atoms with Crippen LogP contribution in [0.4, 0.5) is 0 Å². The maximum absolute atomic E-state index is 9.05. The van der Waals surface area contributed by atoms with E-state index in [0.717, 1.165) is 25.7 Å². The summed E-state index contributed by atoms with van der Waals surface area (Å²) >= 11 is 0. The molecule has 3 nitrogen and oxygen atoms in total. The van der Waals surface area contributed by atoms with Crippen molar-refractivity contribution in [3.8, 4) is 0 Å². The number of rotatable bonds is 6. The highest BCUT2D eigenvalue weighted by molar-refractivity contribution is 4.51. The fourth-order valence-electron chi connectivity index (χ4n) is 0.751. The third-order valence-electron chi connectivity index (χ3n) is 1.49. The van der Waals surface area contributed by atoms with Gasteiger partial charge in [-0.2, -0.15) is 0 Å². The van der Waals surface area contributed by atoms with Gasteiger partial charge in [-0.25, -0.2) is 4.89 Å². The Balaban J connectivity index is 2.89. The molecular weight excluding hydrogens is 132 g/mol. The predicted molar refractivity (Wildman–Crippen MR) is 38.7 cm³/mol. The van der Waals surface area contributed by atoms with Gasteiger partial charge in [-0.05, 0) is 25.7 Å². The summed E-state index contributed by atoms with van der Waals surface area (Å²) in [5.41, 5.74) is 0. The number of aliphatic hydroxyl groups excluding tert-OH is 1. The summed E-state index contributed by atoms with van der Waals surface area (Å²) < 4.78 is 0. The Bertz CT molecular complexity index is 65.9. The maximum atomic E-state index is 9.05. The Hall–Kier alpha value is -0.120. The first-order valence-corrected chi connectivity index (χ1v) is 3.75. The minimum Gasteiger partial charge on any atom is -0.393 e. The Kier molecular flexibility index (Phi) is 6.91. The van der Waals surface area contributed by atoms with Crippen LogP contribution < -0.4 is 0 Å². The van der Waals surface area contributed by atoms with Crippen molar-refractivity contribution in [1.29, 1.82) is 0 Å². The van der Waals surface area contributed by atoms with Crippen molar-refractivity contribution >= 4 is 0 Å². The Labute approximate surface area is 61.6 Å². The summed E-state index contributed by atoms with van der Waals surface area (Å²) in [6.07, 6.45) is 3.15. The summed E-state index contributed by atoms with van der Waals surface area (Å²) in [6, 6.07) is 0. The van der Waals surface area contributed by atoms with Crippen LogP contribution in [0.5, 0.6) is 0 Å². The van der Waals surface area contributed by atoms with Gasteiger partial charge in [-0.15, -0.1) is 0 Å². The molecule has 0 aromatic carbocycles. The average molecular weight is 148 g/mol. The van der Waals surface area contributed by atoms with E-state index >= 15 is 0 Å². The second-order valence-electron chi connectivity index (χ2n) is 2.39. The average Bonchev–Trinajstić information content (AvgIpc) is 1.98. The minimum atomic E-state index is -0.182. The van der Waals surface area contributed by atoms with Crippen LogP contribution in [0.15, 0.2) is 0 Å². The molecule has 1 atom stereocenters. The largest absolute Gasteiger partial charge is 0.393 e. The van der Waals surface area contributed by atoms with Crippen LogP contribution in [-0.2, 0) is 4.89 Å². The van der Waals surface area contributed by atoms with E-state index in [0.29, 0.717) is 6.61 Å². The number of hydrogen-bond acceptors (Lipinski definition) is 3. The molecule has 2 N–H and O–H groups in total. The zero-order valence-corrected chi connectivity index (χ0v) is 6.42. The first kappa shape index (κ1) is 9.88. The molecule has 10 heavy (non-hydrogen) atoms. The summed E-state index contributed by atoms with van der Waals surface area (Å²) in [5, 5.41) is 17.0. The molecule has 0 amide bonds. The topological polar surface area (TPSA) is 49.7 Å². The second kappa shape index (κ2) is 6.99. The molecule has 0 aliphatic rings. The molecule has 0 spiro atoms. The highest BCUT2D eigenvalue weighted by atomic mass is 17.1. The standard InChI is InChI=1S/C7H16O3/c1-2-7(8)5-3-4-6-10-9/h7-9H,2-6H2,1H3. The first-order valence-electron chi connectivity index (χ1n) is 3.75. The third kappa shape index (κ3) is 6.01. The van der Waals surface area contributed by atoms with E-state index in [1.54, 1.807) is 0 Å². The molecule has 3 heteroatoms. The lowest BCUT2D eigenvalue weighted by Gasteiger charge is -2.05. The van der Waals surface area contributed by atoms with Crippen molar-refractivity contribution in [2.75, 3.05) is 6.61 Å². The van der Waals surface area contributed by atoms with Gasteiger partial charge in [0, 0.05) is 0 Å². The highest BCUT2D eigenvalue weighted by Crippen LogP contribution is 2.03. The molecular formula is C7H16O3. The molecule has 0 fully saturated rings. The lowest BCUT2D eigenvalue weighted by atomic mass is 10.1. The van der Waals surface area contributed by atoms with E-state index in [1.165, 1.54) is 0 Å². The fraction of sp³-hybridized carbons (Fsp3) is 1.00. The summed E-state index contributed by atoms with van der Waals surface area (Å²) in [4.78, 5) is 3.88. The summed E-state index contributed by atoms with van der Waals surface area (Å²) in [6.45, 7) is 2.32. The van der Waals surface area contributed by atoms with E-state index < -0.39 is 0 Å². The molecule has 0 aromatic heterocycles. The van der Waals surface area contributed by atoms with Gasteiger partial charge in [0.15, 0.2) is 0 Å². The van der Waals surface area contributed by atoms with Crippen molar-refractivity contribution in [2.45, 2.75) is 38.7 Å². The van der Waals surface area contributed by atoms with Gasteiger partial charge < -0.3 is 5.11 Å². The van der Waals surface area contributed by atoms with E-state index in [2.05, 4.69) is 4.89 Å². The number of aliphatic hydroxyl groups is 1. The van der Waals surface area contributed by atoms with Gasteiger partial charge in [0.05, 0.1) is 12.7 Å². The molecule has 0 bridgehead atoms. The zero-order chi connectivity index (χ0) is 7.82. The monoisotopic (exact) mass is 148 g/mol. The Morgan fingerprint density at radius 1 is 1.40 bits per heavy atom. The van der Waals surface area contributed by atoms with Crippen LogP contribution in [0.3, 0.4) is 0 Å². The SMILES string of the molecule is CCC(O)CCCCOO.